The fourth-order valence-corrected chi connectivity index (χ4v) is 2.60. The molecule has 0 fully saturated rings. The van der Waals surface area contributed by atoms with E-state index in [1.807, 2.05) is 0 Å². The van der Waals surface area contributed by atoms with E-state index in [1.54, 1.807) is 0 Å². The van der Waals surface area contributed by atoms with Crippen LogP contribution in [0.3, 0.4) is 0 Å². The van der Waals surface area contributed by atoms with Crippen molar-refractivity contribution in [1.29, 1.82) is 0 Å². The third kappa shape index (κ3) is 1.84. The summed E-state index contributed by atoms with van der Waals surface area (Å²) in [7, 11) is -0.481. The zero-order valence-corrected chi connectivity index (χ0v) is 8.84. The minimum atomic E-state index is -0.481. The van der Waals surface area contributed by atoms with Crippen LogP contribution in [0.1, 0.15) is 18.4 Å². The standard InChI is InChI=1S/C10H14NOP/c1-8-7-12-13(2)11-10-6-4-3-5-9(8)10/h3-6,8,11H,7H2,1-2H3/t8-,13?/m1/s1. The maximum Gasteiger partial charge on any atom is 0.126 e. The Balaban J connectivity index is 2.38. The molecule has 70 valence electrons. The smallest absolute Gasteiger partial charge is 0.126 e. The van der Waals surface area contributed by atoms with Gasteiger partial charge in [-0.1, -0.05) is 25.1 Å². The Bertz CT molecular complexity index is 303. The number of hydrogen-bond acceptors (Lipinski definition) is 2. The van der Waals surface area contributed by atoms with E-state index in [9.17, 15) is 0 Å². The summed E-state index contributed by atoms with van der Waals surface area (Å²) in [6, 6.07) is 8.44. The van der Waals surface area contributed by atoms with Crippen LogP contribution in [0.2, 0.25) is 0 Å². The molecule has 1 aromatic carbocycles. The molecule has 3 heteroatoms. The van der Waals surface area contributed by atoms with Crippen molar-refractivity contribution in [3.63, 3.8) is 0 Å². The summed E-state index contributed by atoms with van der Waals surface area (Å²) in [5.74, 6) is 0.496. The maximum absolute atomic E-state index is 5.65. The fraction of sp³-hybridized carbons (Fsp3) is 0.400. The van der Waals surface area contributed by atoms with E-state index in [1.165, 1.54) is 11.3 Å². The predicted octanol–water partition coefficient (Wildman–Crippen LogP) is 3.17. The van der Waals surface area contributed by atoms with Crippen molar-refractivity contribution < 1.29 is 4.52 Å². The topological polar surface area (TPSA) is 21.3 Å². The lowest BCUT2D eigenvalue weighted by atomic mass is 10.0. The molecule has 0 aliphatic carbocycles. The van der Waals surface area contributed by atoms with Gasteiger partial charge in [0.2, 0.25) is 0 Å². The van der Waals surface area contributed by atoms with Gasteiger partial charge in [0.25, 0.3) is 0 Å². The predicted molar refractivity (Wildman–Crippen MR) is 57.3 cm³/mol. The van der Waals surface area contributed by atoms with Crippen LogP contribution >= 0.6 is 8.30 Å². The normalized spacial score (nSPS) is 27.2. The molecule has 2 rings (SSSR count). The zero-order valence-electron chi connectivity index (χ0n) is 7.95. The van der Waals surface area contributed by atoms with Crippen molar-refractivity contribution in [2.45, 2.75) is 12.8 Å². The molecule has 1 aliphatic rings. The second kappa shape index (κ2) is 3.65. The number of hydrogen-bond donors (Lipinski definition) is 1. The summed E-state index contributed by atoms with van der Waals surface area (Å²) in [6.07, 6.45) is 0. The highest BCUT2D eigenvalue weighted by Crippen LogP contribution is 2.41. The molecular formula is C10H14NOP. The first-order valence-corrected chi connectivity index (χ1v) is 6.20. The van der Waals surface area contributed by atoms with Gasteiger partial charge in [0.05, 0.1) is 6.61 Å². The van der Waals surface area contributed by atoms with Crippen molar-refractivity contribution in [2.75, 3.05) is 18.4 Å². The summed E-state index contributed by atoms with van der Waals surface area (Å²) in [5.41, 5.74) is 2.61. The highest BCUT2D eigenvalue weighted by atomic mass is 31.2. The van der Waals surface area contributed by atoms with E-state index in [-0.39, 0.29) is 0 Å². The van der Waals surface area contributed by atoms with Gasteiger partial charge in [-0.05, 0) is 18.3 Å². The van der Waals surface area contributed by atoms with Crippen molar-refractivity contribution in [1.82, 2.24) is 0 Å². The second-order valence-corrected chi connectivity index (χ2v) is 4.87. The van der Waals surface area contributed by atoms with Gasteiger partial charge in [0.1, 0.15) is 8.30 Å². The average molecular weight is 195 g/mol. The summed E-state index contributed by atoms with van der Waals surface area (Å²) in [5, 5.41) is 3.40. The molecule has 1 N–H and O–H groups in total. The molecular weight excluding hydrogens is 181 g/mol. The van der Waals surface area contributed by atoms with E-state index >= 15 is 0 Å². The Kier molecular flexibility index (Phi) is 2.52. The number of nitrogens with one attached hydrogen (secondary N) is 1. The van der Waals surface area contributed by atoms with Gasteiger partial charge in [0.15, 0.2) is 0 Å². The summed E-state index contributed by atoms with van der Waals surface area (Å²) >= 11 is 0. The monoisotopic (exact) mass is 195 g/mol. The molecule has 0 spiro atoms. The maximum atomic E-state index is 5.65. The van der Waals surface area contributed by atoms with Crippen molar-refractivity contribution in [3.8, 4) is 0 Å². The van der Waals surface area contributed by atoms with Crippen LogP contribution in [-0.2, 0) is 4.52 Å². The molecule has 0 saturated heterocycles. The van der Waals surface area contributed by atoms with Gasteiger partial charge in [-0.15, -0.1) is 0 Å². The molecule has 0 aromatic heterocycles. The van der Waals surface area contributed by atoms with E-state index < -0.39 is 8.30 Å². The third-order valence-corrected chi connectivity index (χ3v) is 3.38. The largest absolute Gasteiger partial charge is 0.343 e. The Morgan fingerprint density at radius 1 is 1.46 bits per heavy atom. The SMILES string of the molecule is C[C@@H]1COP(C)Nc2ccccc21. The molecule has 0 amide bonds. The van der Waals surface area contributed by atoms with Crippen molar-refractivity contribution >= 4 is 14.0 Å². The van der Waals surface area contributed by atoms with E-state index in [2.05, 4.69) is 42.9 Å². The van der Waals surface area contributed by atoms with Crippen LogP contribution in [0.4, 0.5) is 5.69 Å². The van der Waals surface area contributed by atoms with Crippen LogP contribution in [0.25, 0.3) is 0 Å². The molecule has 0 saturated carbocycles. The lowest BCUT2D eigenvalue weighted by Crippen LogP contribution is -1.98. The van der Waals surface area contributed by atoms with Crippen LogP contribution < -0.4 is 5.09 Å². The minimum Gasteiger partial charge on any atom is -0.343 e. The van der Waals surface area contributed by atoms with E-state index in [0.717, 1.165) is 6.61 Å². The number of rotatable bonds is 0. The number of anilines is 1. The van der Waals surface area contributed by atoms with Gasteiger partial charge in [-0.3, -0.25) is 0 Å². The van der Waals surface area contributed by atoms with Crippen molar-refractivity contribution in [2.24, 2.45) is 0 Å². The molecule has 1 unspecified atom stereocenters. The van der Waals surface area contributed by atoms with Crippen LogP contribution in [0.5, 0.6) is 0 Å². The molecule has 0 radical (unpaired) electrons. The second-order valence-electron chi connectivity index (χ2n) is 3.39. The molecule has 1 heterocycles. The zero-order chi connectivity index (χ0) is 9.26. The molecule has 13 heavy (non-hydrogen) atoms. The highest BCUT2D eigenvalue weighted by molar-refractivity contribution is 7.53. The third-order valence-electron chi connectivity index (χ3n) is 2.29. The Morgan fingerprint density at radius 3 is 3.08 bits per heavy atom. The van der Waals surface area contributed by atoms with Gasteiger partial charge < -0.3 is 9.61 Å². The Hall–Kier alpha value is -0.590. The van der Waals surface area contributed by atoms with Gasteiger partial charge in [-0.25, -0.2) is 0 Å². The summed E-state index contributed by atoms with van der Waals surface area (Å²) in [6.45, 7) is 5.13. The average Bonchev–Trinajstić information content (AvgIpc) is 2.27. The summed E-state index contributed by atoms with van der Waals surface area (Å²) in [4.78, 5) is 0. The molecule has 2 nitrogen and oxygen atoms in total. The molecule has 1 aromatic rings. The van der Waals surface area contributed by atoms with Gasteiger partial charge in [0, 0.05) is 11.6 Å². The van der Waals surface area contributed by atoms with Crippen LogP contribution in [-0.4, -0.2) is 13.3 Å². The number of fused-ring (bicyclic) bond motifs is 1. The number of para-hydroxylation sites is 1. The first-order chi connectivity index (χ1) is 6.27. The molecule has 1 aliphatic heterocycles. The molecule has 0 bridgehead atoms. The number of benzene rings is 1. The minimum absolute atomic E-state index is 0.481. The quantitative estimate of drug-likeness (QED) is 0.642. The van der Waals surface area contributed by atoms with Crippen LogP contribution in [0.15, 0.2) is 24.3 Å². The summed E-state index contributed by atoms with van der Waals surface area (Å²) < 4.78 is 5.65. The fourth-order valence-electron chi connectivity index (χ4n) is 1.54. The Labute approximate surface area is 80.2 Å². The Morgan fingerprint density at radius 2 is 2.23 bits per heavy atom. The first-order valence-electron chi connectivity index (χ1n) is 4.49. The van der Waals surface area contributed by atoms with Crippen molar-refractivity contribution in [3.05, 3.63) is 29.8 Å². The van der Waals surface area contributed by atoms with Crippen LogP contribution in [0, 0.1) is 0 Å². The van der Waals surface area contributed by atoms with Gasteiger partial charge >= 0.3 is 0 Å². The highest BCUT2D eigenvalue weighted by Gasteiger charge is 2.17. The van der Waals surface area contributed by atoms with Gasteiger partial charge in [-0.2, -0.15) is 0 Å². The van der Waals surface area contributed by atoms with E-state index in [0.29, 0.717) is 5.92 Å². The van der Waals surface area contributed by atoms with E-state index in [4.69, 9.17) is 4.52 Å². The molecule has 2 atom stereocenters. The first kappa shape index (κ1) is 8.98. The lowest BCUT2D eigenvalue weighted by Gasteiger charge is -2.11. The lowest BCUT2D eigenvalue weighted by molar-refractivity contribution is 0.334.